The molecule has 1 aromatic rings. The highest BCUT2D eigenvalue weighted by molar-refractivity contribution is 6.30. The van der Waals surface area contributed by atoms with Gasteiger partial charge in [0.05, 0.1) is 13.0 Å². The molecule has 0 aromatic heterocycles. The minimum Gasteiger partial charge on any atom is -0.493 e. The van der Waals surface area contributed by atoms with Crippen molar-refractivity contribution in [2.75, 3.05) is 20.2 Å². The minimum atomic E-state index is -0.00827. The predicted octanol–water partition coefficient (Wildman–Crippen LogP) is 1.83. The smallest absolute Gasteiger partial charge is 0.223 e. The maximum Gasteiger partial charge on any atom is 0.223 e. The molecule has 4 nitrogen and oxygen atoms in total. The lowest BCUT2D eigenvalue weighted by atomic mass is 10.3. The molecule has 0 aliphatic rings. The first-order chi connectivity index (χ1) is 8.61. The highest BCUT2D eigenvalue weighted by Gasteiger charge is 2.04. The van der Waals surface area contributed by atoms with Crippen molar-refractivity contribution in [3.05, 3.63) is 29.3 Å². The summed E-state index contributed by atoms with van der Waals surface area (Å²) >= 11 is 5.76. The number of amides is 1. The summed E-state index contributed by atoms with van der Waals surface area (Å²) in [5, 5.41) is 6.54. The maximum atomic E-state index is 11.5. The highest BCUT2D eigenvalue weighted by atomic mass is 35.5. The van der Waals surface area contributed by atoms with Crippen molar-refractivity contribution in [3.63, 3.8) is 0 Å². The van der Waals surface area contributed by atoms with Gasteiger partial charge in [0.2, 0.25) is 5.91 Å². The SMILES string of the molecule is CNC(C)CNC(=O)CCOc1ccc(Cl)cc1. The number of carbonyl (C=O) groups excluding carboxylic acids is 1. The monoisotopic (exact) mass is 270 g/mol. The molecule has 0 fully saturated rings. The second-order valence-electron chi connectivity index (χ2n) is 4.05. The van der Waals surface area contributed by atoms with E-state index in [-0.39, 0.29) is 11.9 Å². The Labute approximate surface area is 113 Å². The molecule has 0 saturated carbocycles. The second kappa shape index (κ2) is 7.95. The fourth-order valence-corrected chi connectivity index (χ4v) is 1.38. The summed E-state index contributed by atoms with van der Waals surface area (Å²) in [6.07, 6.45) is 0.346. The van der Waals surface area contributed by atoms with E-state index in [9.17, 15) is 4.79 Å². The minimum absolute atomic E-state index is 0.00827. The summed E-state index contributed by atoms with van der Waals surface area (Å²) in [7, 11) is 1.86. The second-order valence-corrected chi connectivity index (χ2v) is 4.48. The Morgan fingerprint density at radius 3 is 2.67 bits per heavy atom. The quantitative estimate of drug-likeness (QED) is 0.795. The van der Waals surface area contributed by atoms with Crippen molar-refractivity contribution in [1.82, 2.24) is 10.6 Å². The topological polar surface area (TPSA) is 50.4 Å². The fraction of sp³-hybridized carbons (Fsp3) is 0.462. The Hall–Kier alpha value is -1.26. The number of likely N-dealkylation sites (N-methyl/N-ethyl adjacent to an activating group) is 1. The molecule has 18 heavy (non-hydrogen) atoms. The average Bonchev–Trinajstić information content (AvgIpc) is 2.38. The van der Waals surface area contributed by atoms with Gasteiger partial charge < -0.3 is 15.4 Å². The standard InChI is InChI=1S/C13H19ClN2O2/c1-10(15-2)9-16-13(17)7-8-18-12-5-3-11(14)4-6-12/h3-6,10,15H,7-9H2,1-2H3,(H,16,17). The molecule has 0 spiro atoms. The Morgan fingerprint density at radius 2 is 2.06 bits per heavy atom. The normalized spacial score (nSPS) is 11.9. The van der Waals surface area contributed by atoms with E-state index in [1.807, 2.05) is 14.0 Å². The van der Waals surface area contributed by atoms with Gasteiger partial charge in [-0.25, -0.2) is 0 Å². The molecule has 2 N–H and O–H groups in total. The molecule has 0 heterocycles. The van der Waals surface area contributed by atoms with Gasteiger partial charge in [-0.15, -0.1) is 0 Å². The predicted molar refractivity (Wildman–Crippen MR) is 73.1 cm³/mol. The Balaban J connectivity index is 2.17. The van der Waals surface area contributed by atoms with Gasteiger partial charge in [-0.2, -0.15) is 0 Å². The lowest BCUT2D eigenvalue weighted by Gasteiger charge is -2.11. The third kappa shape index (κ3) is 5.89. The molecule has 100 valence electrons. The van der Waals surface area contributed by atoms with E-state index < -0.39 is 0 Å². The molecule has 5 heteroatoms. The maximum absolute atomic E-state index is 11.5. The van der Waals surface area contributed by atoms with Gasteiger partial charge in [0, 0.05) is 17.6 Å². The lowest BCUT2D eigenvalue weighted by molar-refractivity contribution is -0.121. The van der Waals surface area contributed by atoms with Crippen LogP contribution in [-0.4, -0.2) is 32.1 Å². The summed E-state index contributed by atoms with van der Waals surface area (Å²) < 4.78 is 5.43. The van der Waals surface area contributed by atoms with Crippen molar-refractivity contribution < 1.29 is 9.53 Å². The van der Waals surface area contributed by atoms with Gasteiger partial charge in [-0.1, -0.05) is 11.6 Å². The van der Waals surface area contributed by atoms with Crippen LogP contribution in [0.3, 0.4) is 0 Å². The summed E-state index contributed by atoms with van der Waals surface area (Å²) in [6.45, 7) is 2.99. The van der Waals surface area contributed by atoms with Crippen LogP contribution in [-0.2, 0) is 4.79 Å². The van der Waals surface area contributed by atoms with Crippen LogP contribution in [0, 0.1) is 0 Å². The summed E-state index contributed by atoms with van der Waals surface area (Å²) in [5.41, 5.74) is 0. The van der Waals surface area contributed by atoms with E-state index in [4.69, 9.17) is 16.3 Å². The van der Waals surface area contributed by atoms with Gasteiger partial charge in [-0.3, -0.25) is 4.79 Å². The molecular formula is C13H19ClN2O2. The first-order valence-electron chi connectivity index (χ1n) is 5.94. The van der Waals surface area contributed by atoms with Gasteiger partial charge in [0.15, 0.2) is 0 Å². The van der Waals surface area contributed by atoms with Crippen LogP contribution in [0.5, 0.6) is 5.75 Å². The molecule has 1 rings (SSSR count). The Morgan fingerprint density at radius 1 is 1.39 bits per heavy atom. The molecule has 0 bridgehead atoms. The largest absolute Gasteiger partial charge is 0.493 e. The molecule has 0 aliphatic heterocycles. The molecular weight excluding hydrogens is 252 g/mol. The van der Waals surface area contributed by atoms with Crippen LogP contribution >= 0.6 is 11.6 Å². The van der Waals surface area contributed by atoms with E-state index in [1.165, 1.54) is 0 Å². The van der Waals surface area contributed by atoms with Crippen LogP contribution in [0.1, 0.15) is 13.3 Å². The van der Waals surface area contributed by atoms with Gasteiger partial charge in [0.25, 0.3) is 0 Å². The average molecular weight is 271 g/mol. The zero-order valence-corrected chi connectivity index (χ0v) is 11.5. The Kier molecular flexibility index (Phi) is 6.54. The zero-order chi connectivity index (χ0) is 13.4. The lowest BCUT2D eigenvalue weighted by Crippen LogP contribution is -2.37. The van der Waals surface area contributed by atoms with Crippen molar-refractivity contribution in [2.45, 2.75) is 19.4 Å². The number of carbonyl (C=O) groups is 1. The van der Waals surface area contributed by atoms with E-state index in [1.54, 1.807) is 24.3 Å². The number of rotatable bonds is 7. The number of hydrogen-bond donors (Lipinski definition) is 2. The van der Waals surface area contributed by atoms with Crippen LogP contribution in [0.4, 0.5) is 0 Å². The summed E-state index contributed by atoms with van der Waals surface area (Å²) in [6, 6.07) is 7.34. The summed E-state index contributed by atoms with van der Waals surface area (Å²) in [5.74, 6) is 0.710. The summed E-state index contributed by atoms with van der Waals surface area (Å²) in [4.78, 5) is 11.5. The van der Waals surface area contributed by atoms with Crippen LogP contribution in [0.15, 0.2) is 24.3 Å². The first kappa shape index (κ1) is 14.8. The van der Waals surface area contributed by atoms with Crippen molar-refractivity contribution in [3.8, 4) is 5.75 Å². The zero-order valence-electron chi connectivity index (χ0n) is 10.7. The van der Waals surface area contributed by atoms with Gasteiger partial charge in [-0.05, 0) is 38.2 Å². The number of ether oxygens (including phenoxy) is 1. The van der Waals surface area contributed by atoms with E-state index in [0.717, 1.165) is 5.75 Å². The van der Waals surface area contributed by atoms with E-state index >= 15 is 0 Å². The number of halogens is 1. The van der Waals surface area contributed by atoms with Crippen LogP contribution in [0.2, 0.25) is 5.02 Å². The van der Waals surface area contributed by atoms with Crippen molar-refractivity contribution in [1.29, 1.82) is 0 Å². The molecule has 0 radical (unpaired) electrons. The molecule has 1 unspecified atom stereocenters. The van der Waals surface area contributed by atoms with Gasteiger partial charge >= 0.3 is 0 Å². The molecule has 1 amide bonds. The molecule has 0 saturated heterocycles. The highest BCUT2D eigenvalue weighted by Crippen LogP contribution is 2.15. The van der Waals surface area contributed by atoms with Crippen molar-refractivity contribution in [2.24, 2.45) is 0 Å². The Bertz CT molecular complexity index is 368. The first-order valence-corrected chi connectivity index (χ1v) is 6.32. The van der Waals surface area contributed by atoms with Gasteiger partial charge in [0.1, 0.15) is 5.75 Å². The van der Waals surface area contributed by atoms with E-state index in [0.29, 0.717) is 24.6 Å². The number of hydrogen-bond acceptors (Lipinski definition) is 3. The third-order valence-electron chi connectivity index (χ3n) is 2.51. The molecule has 1 aromatic carbocycles. The van der Waals surface area contributed by atoms with E-state index in [2.05, 4.69) is 10.6 Å². The van der Waals surface area contributed by atoms with Crippen molar-refractivity contribution >= 4 is 17.5 Å². The van der Waals surface area contributed by atoms with Crippen LogP contribution < -0.4 is 15.4 Å². The fourth-order valence-electron chi connectivity index (χ4n) is 1.25. The third-order valence-corrected chi connectivity index (χ3v) is 2.76. The molecule has 1 atom stereocenters. The molecule has 0 aliphatic carbocycles. The number of nitrogens with one attached hydrogen (secondary N) is 2. The van der Waals surface area contributed by atoms with Crippen LogP contribution in [0.25, 0.3) is 0 Å². The number of benzene rings is 1.